The Bertz CT molecular complexity index is 2070. The molecule has 20 heteroatoms. The molecule has 0 saturated carbocycles. The molecule has 1 saturated heterocycles. The first-order valence-corrected chi connectivity index (χ1v) is 26.0. The Morgan fingerprint density at radius 3 is 2.11 bits per heavy atom. The number of thiazole rings is 1. The molecule has 19 nitrogen and oxygen atoms in total. The van der Waals surface area contributed by atoms with Crippen molar-refractivity contribution < 1.29 is 57.2 Å². The number of ether oxygens (including phenoxy) is 5. The van der Waals surface area contributed by atoms with E-state index in [4.69, 9.17) is 23.7 Å². The van der Waals surface area contributed by atoms with Crippen molar-refractivity contribution >= 4 is 52.7 Å². The van der Waals surface area contributed by atoms with E-state index in [-0.39, 0.29) is 112 Å². The van der Waals surface area contributed by atoms with Gasteiger partial charge in [-0.3, -0.25) is 38.5 Å². The summed E-state index contributed by atoms with van der Waals surface area (Å²) in [6.07, 6.45) is 5.44. The van der Waals surface area contributed by atoms with Gasteiger partial charge < -0.3 is 49.4 Å². The van der Waals surface area contributed by atoms with E-state index in [2.05, 4.69) is 20.9 Å². The van der Waals surface area contributed by atoms with Gasteiger partial charge in [-0.1, -0.05) is 71.4 Å². The number of likely N-dealkylation sites (tertiary alicyclic amines) is 1. The number of methoxy groups -OCH3 is 2. The first kappa shape index (κ1) is 59.4. The zero-order valence-corrected chi connectivity index (χ0v) is 44.7. The molecule has 0 radical (unpaired) electrons. The van der Waals surface area contributed by atoms with E-state index in [0.29, 0.717) is 25.8 Å². The average molecular weight is 1030 g/mol. The molecule has 4 unspecified atom stereocenters. The quantitative estimate of drug-likeness (QED) is 0.0701. The van der Waals surface area contributed by atoms with Crippen molar-refractivity contribution in [3.05, 3.63) is 64.6 Å². The zero-order valence-electron chi connectivity index (χ0n) is 43.9. The van der Waals surface area contributed by atoms with Crippen LogP contribution in [0.25, 0.3) is 0 Å². The summed E-state index contributed by atoms with van der Waals surface area (Å²) in [4.78, 5) is 102. The maximum atomic E-state index is 14.5. The van der Waals surface area contributed by atoms with Crippen LogP contribution in [0.1, 0.15) is 97.2 Å². The van der Waals surface area contributed by atoms with Gasteiger partial charge in [0.15, 0.2) is 0 Å². The number of carbonyl (C=O) groups is 7. The van der Waals surface area contributed by atoms with E-state index in [1.807, 2.05) is 70.3 Å². The maximum Gasteiger partial charge on any atom is 0.253 e. The van der Waals surface area contributed by atoms with Crippen LogP contribution in [0.15, 0.2) is 54.1 Å². The summed E-state index contributed by atoms with van der Waals surface area (Å²) in [5.74, 6) is -3.48. The third-order valence-electron chi connectivity index (χ3n) is 13.4. The van der Waals surface area contributed by atoms with Crippen molar-refractivity contribution in [2.45, 2.75) is 129 Å². The maximum absolute atomic E-state index is 14.5. The molecule has 2 aliphatic rings. The second kappa shape index (κ2) is 29.5. The van der Waals surface area contributed by atoms with Gasteiger partial charge in [0.1, 0.15) is 16.6 Å². The number of nitrogens with one attached hydrogen (secondary N) is 3. The lowest BCUT2D eigenvalue weighted by atomic mass is 9.89. The van der Waals surface area contributed by atoms with Crippen LogP contribution < -0.4 is 16.0 Å². The van der Waals surface area contributed by atoms with Gasteiger partial charge >= 0.3 is 0 Å². The van der Waals surface area contributed by atoms with Gasteiger partial charge in [-0.25, -0.2) is 4.98 Å². The van der Waals surface area contributed by atoms with Crippen molar-refractivity contribution in [2.24, 2.45) is 17.8 Å². The van der Waals surface area contributed by atoms with Crippen molar-refractivity contribution in [1.82, 2.24) is 35.6 Å². The monoisotopic (exact) mass is 1030 g/mol. The van der Waals surface area contributed by atoms with Gasteiger partial charge in [-0.05, 0) is 50.5 Å². The lowest BCUT2D eigenvalue weighted by Crippen LogP contribution is -2.62. The van der Waals surface area contributed by atoms with E-state index < -0.39 is 47.6 Å². The van der Waals surface area contributed by atoms with Crippen LogP contribution in [0.4, 0.5) is 0 Å². The Morgan fingerprint density at radius 2 is 1.53 bits per heavy atom. The molecule has 7 amide bonds. The Morgan fingerprint density at radius 1 is 0.889 bits per heavy atom. The minimum atomic E-state index is -1.38. The third-order valence-corrected chi connectivity index (χ3v) is 14.3. The first-order chi connectivity index (χ1) is 34.3. The number of likely N-dealkylation sites (N-methyl/N-ethyl adjacent to an activating group) is 1. The number of hydrogen-bond acceptors (Lipinski definition) is 14. The molecular weight excluding hydrogens is 947 g/mol. The van der Waals surface area contributed by atoms with Crippen molar-refractivity contribution in [3.63, 3.8) is 0 Å². The summed E-state index contributed by atoms with van der Waals surface area (Å²) in [6, 6.07) is 7.69. The van der Waals surface area contributed by atoms with Gasteiger partial charge in [0, 0.05) is 58.0 Å². The van der Waals surface area contributed by atoms with E-state index in [9.17, 15) is 33.6 Å². The number of benzene rings is 1. The van der Waals surface area contributed by atoms with Crippen molar-refractivity contribution in [3.8, 4) is 0 Å². The molecule has 3 N–H and O–H groups in total. The number of hydrogen-bond donors (Lipinski definition) is 3. The summed E-state index contributed by atoms with van der Waals surface area (Å²) >= 11 is 1.48. The standard InChI is InChI=1S/C52H79N7O12S/c1-11-35(4)46(40(67-9)33-44(63)58-23-15-18-39(58)47(68-10)36(5)48(64)54-38(49-53-22-31-72-49)32-37-16-13-12-14-17-37)57(8)50(65)45(34(2)3)55-51(66)52(6,7)56-41(60)21-25-69-27-29-71-30-28-70-26-24-59-42(61)19-20-43(59)62/h12-14,16-17,19-20,22,31,34-36,38-40,45-47H,11,15,18,21,23-30,32-33H2,1-10H3,(H,54,64)(H,55,66)(H,56,60)/t35?,36?,38-,39-,40?,45-,46-,47?/m0/s1. The number of aromatic nitrogens is 1. The van der Waals surface area contributed by atoms with E-state index >= 15 is 0 Å². The van der Waals surface area contributed by atoms with Crippen LogP contribution in [-0.2, 0) is 63.7 Å². The molecule has 4 rings (SSSR count). The zero-order chi connectivity index (χ0) is 53.0. The van der Waals surface area contributed by atoms with Crippen LogP contribution in [0.2, 0.25) is 0 Å². The Labute approximate surface area is 429 Å². The van der Waals surface area contributed by atoms with E-state index in [1.165, 1.54) is 30.6 Å². The summed E-state index contributed by atoms with van der Waals surface area (Å²) in [5.41, 5.74) is -0.317. The molecule has 8 atom stereocenters. The number of imide groups is 1. The van der Waals surface area contributed by atoms with Gasteiger partial charge in [-0.2, -0.15) is 0 Å². The van der Waals surface area contributed by atoms with Crippen LogP contribution in [0, 0.1) is 17.8 Å². The Hall–Kier alpha value is -5.12. The second-order valence-corrected chi connectivity index (χ2v) is 20.3. The molecule has 3 heterocycles. The fraction of sp³-hybridized carbons (Fsp3) is 0.654. The summed E-state index contributed by atoms with van der Waals surface area (Å²) in [5, 5.41) is 11.6. The molecule has 2 aliphatic heterocycles. The van der Waals surface area contributed by atoms with Crippen LogP contribution in [-0.4, -0.2) is 171 Å². The molecule has 1 fully saturated rings. The predicted molar refractivity (Wildman–Crippen MR) is 271 cm³/mol. The molecule has 72 heavy (non-hydrogen) atoms. The summed E-state index contributed by atoms with van der Waals surface area (Å²) < 4.78 is 28.5. The Kier molecular flexibility index (Phi) is 24.4. The minimum Gasteiger partial charge on any atom is -0.379 e. The number of amides is 7. The van der Waals surface area contributed by atoms with Gasteiger partial charge in [0.25, 0.3) is 11.8 Å². The fourth-order valence-corrected chi connectivity index (χ4v) is 9.79. The average Bonchev–Trinajstić information content (AvgIpc) is 4.14. The van der Waals surface area contributed by atoms with Crippen LogP contribution >= 0.6 is 11.3 Å². The van der Waals surface area contributed by atoms with Crippen molar-refractivity contribution in [2.75, 3.05) is 74.0 Å². The van der Waals surface area contributed by atoms with Crippen LogP contribution in [0.5, 0.6) is 0 Å². The van der Waals surface area contributed by atoms with Gasteiger partial charge in [-0.15, -0.1) is 11.3 Å². The normalized spacial score (nSPS) is 17.8. The van der Waals surface area contributed by atoms with Gasteiger partial charge in [0.05, 0.1) is 88.9 Å². The summed E-state index contributed by atoms with van der Waals surface area (Å²) in [6.45, 7) is 14.6. The second-order valence-electron chi connectivity index (χ2n) is 19.3. The smallest absolute Gasteiger partial charge is 0.253 e. The molecule has 2 aromatic rings. The lowest BCUT2D eigenvalue weighted by molar-refractivity contribution is -0.148. The van der Waals surface area contributed by atoms with Gasteiger partial charge in [0.2, 0.25) is 29.5 Å². The number of nitrogens with zero attached hydrogens (tertiary/aromatic N) is 4. The molecule has 0 aliphatic carbocycles. The highest BCUT2D eigenvalue weighted by molar-refractivity contribution is 7.09. The molecule has 400 valence electrons. The van der Waals surface area contributed by atoms with E-state index in [0.717, 1.165) is 21.9 Å². The number of carbonyl (C=O) groups excluding carboxylic acids is 7. The predicted octanol–water partition coefficient (Wildman–Crippen LogP) is 3.86. The number of rotatable bonds is 32. The van der Waals surface area contributed by atoms with Crippen molar-refractivity contribution in [1.29, 1.82) is 0 Å². The molecule has 0 spiro atoms. The van der Waals surface area contributed by atoms with Crippen LogP contribution in [0.3, 0.4) is 0 Å². The lowest BCUT2D eigenvalue weighted by Gasteiger charge is -2.41. The molecule has 1 aromatic carbocycles. The highest BCUT2D eigenvalue weighted by Crippen LogP contribution is 2.31. The highest BCUT2D eigenvalue weighted by Gasteiger charge is 2.44. The SMILES string of the molecule is CCC(C)[C@@H](C(CC(=O)N1CCC[C@H]1C(OC)C(C)C(=O)N[C@@H](Cc1ccccc1)c1nccs1)OC)N(C)C(=O)[C@@H](NC(=O)C(C)(C)NC(=O)CCOCCOCCOCCN1C(=O)C=CC1=O)C(C)C. The Balaban J connectivity index is 1.29. The minimum absolute atomic E-state index is 0.0201. The fourth-order valence-electron chi connectivity index (χ4n) is 9.10. The first-order valence-electron chi connectivity index (χ1n) is 25.1. The molecular formula is C52H79N7O12S. The third kappa shape index (κ3) is 17.3. The topological polar surface area (TPSA) is 224 Å². The van der Waals surface area contributed by atoms with E-state index in [1.54, 1.807) is 44.0 Å². The molecule has 0 bridgehead atoms. The highest BCUT2D eigenvalue weighted by atomic mass is 32.1. The molecule has 1 aromatic heterocycles. The largest absolute Gasteiger partial charge is 0.379 e. The summed E-state index contributed by atoms with van der Waals surface area (Å²) in [7, 11) is 4.77.